The third-order valence-corrected chi connectivity index (χ3v) is 5.33. The van der Waals surface area contributed by atoms with Gasteiger partial charge in [-0.15, -0.1) is 10.2 Å². The number of amides is 2. The first-order valence-electron chi connectivity index (χ1n) is 9.78. The van der Waals surface area contributed by atoms with E-state index in [-0.39, 0.29) is 36.0 Å². The van der Waals surface area contributed by atoms with Gasteiger partial charge in [-0.25, -0.2) is 5.43 Å². The number of hydrogen-bond acceptors (Lipinski definition) is 10. The standard InChI is InChI=1S/C21H19Cl2N5O6S/c1-31-17-6-12(2-4-16(17)32-9-18(24)29)8-25-26-19(30)11-35-21-28-27-20(34-21)10-33-15-5-3-13(22)7-14(15)23/h2-8H,9-11H2,1H3,(H2,24,29)(H,26,30)/b25-8-. The van der Waals surface area contributed by atoms with E-state index in [4.69, 9.17) is 47.6 Å². The molecular formula is C21H19Cl2N5O6S. The van der Waals surface area contributed by atoms with E-state index < -0.39 is 5.91 Å². The van der Waals surface area contributed by atoms with Gasteiger partial charge in [0.2, 0.25) is 0 Å². The largest absolute Gasteiger partial charge is 0.493 e. The molecule has 0 aliphatic heterocycles. The monoisotopic (exact) mass is 539 g/mol. The highest BCUT2D eigenvalue weighted by atomic mass is 35.5. The molecule has 0 saturated carbocycles. The quantitative estimate of drug-likeness (QED) is 0.201. The molecule has 14 heteroatoms. The van der Waals surface area contributed by atoms with Crippen LogP contribution in [0.3, 0.4) is 0 Å². The number of methoxy groups -OCH3 is 1. The zero-order chi connectivity index (χ0) is 25.2. The van der Waals surface area contributed by atoms with Crippen molar-refractivity contribution in [1.29, 1.82) is 0 Å². The van der Waals surface area contributed by atoms with Crippen LogP contribution < -0.4 is 25.4 Å². The van der Waals surface area contributed by atoms with E-state index in [0.29, 0.717) is 32.9 Å². The minimum absolute atomic E-state index is 0.00121. The van der Waals surface area contributed by atoms with Crippen molar-refractivity contribution in [1.82, 2.24) is 15.6 Å². The van der Waals surface area contributed by atoms with Crippen molar-refractivity contribution in [2.45, 2.75) is 11.8 Å². The summed E-state index contributed by atoms with van der Waals surface area (Å²) in [7, 11) is 1.45. The van der Waals surface area contributed by atoms with Gasteiger partial charge in [-0.2, -0.15) is 5.10 Å². The Bertz CT molecular complexity index is 1220. The fourth-order valence-electron chi connectivity index (χ4n) is 2.46. The number of nitrogens with two attached hydrogens (primary N) is 1. The molecule has 35 heavy (non-hydrogen) atoms. The molecule has 0 spiro atoms. The number of primary amides is 1. The number of ether oxygens (including phenoxy) is 3. The second-order valence-electron chi connectivity index (χ2n) is 6.57. The number of thioether (sulfide) groups is 1. The average molecular weight is 540 g/mol. The number of benzene rings is 2. The molecule has 0 bridgehead atoms. The predicted octanol–water partition coefficient (Wildman–Crippen LogP) is 3.07. The van der Waals surface area contributed by atoms with Gasteiger partial charge in [-0.05, 0) is 42.0 Å². The average Bonchev–Trinajstić information content (AvgIpc) is 3.29. The molecule has 2 aromatic carbocycles. The van der Waals surface area contributed by atoms with E-state index in [2.05, 4.69) is 20.7 Å². The van der Waals surface area contributed by atoms with Crippen molar-refractivity contribution >= 4 is 53.0 Å². The lowest BCUT2D eigenvalue weighted by Crippen LogP contribution is -2.20. The van der Waals surface area contributed by atoms with Gasteiger partial charge in [0.15, 0.2) is 24.7 Å². The summed E-state index contributed by atoms with van der Waals surface area (Å²) in [5.74, 6) is 0.373. The van der Waals surface area contributed by atoms with Crippen molar-refractivity contribution in [3.05, 3.63) is 57.9 Å². The van der Waals surface area contributed by atoms with Crippen LogP contribution in [0.25, 0.3) is 0 Å². The SMILES string of the molecule is COc1cc(/C=N\NC(=O)CSc2nnc(COc3ccc(Cl)cc3Cl)o2)ccc1OCC(N)=O. The molecule has 3 N–H and O–H groups in total. The molecular weight excluding hydrogens is 521 g/mol. The number of nitrogens with one attached hydrogen (secondary N) is 1. The Kier molecular flexibility index (Phi) is 9.58. The van der Waals surface area contributed by atoms with Crippen LogP contribution in [0.5, 0.6) is 17.2 Å². The summed E-state index contributed by atoms with van der Waals surface area (Å²) in [4.78, 5) is 22.9. The summed E-state index contributed by atoms with van der Waals surface area (Å²) >= 11 is 12.9. The summed E-state index contributed by atoms with van der Waals surface area (Å²) in [6, 6.07) is 9.72. The zero-order valence-corrected chi connectivity index (χ0v) is 20.5. The van der Waals surface area contributed by atoms with Gasteiger partial charge in [0.25, 0.3) is 22.9 Å². The highest BCUT2D eigenvalue weighted by molar-refractivity contribution is 7.99. The number of hydrazone groups is 1. The molecule has 1 heterocycles. The Labute approximate surface area is 213 Å². The van der Waals surface area contributed by atoms with E-state index in [1.807, 2.05) is 0 Å². The van der Waals surface area contributed by atoms with Gasteiger partial charge in [-0.1, -0.05) is 35.0 Å². The maximum absolute atomic E-state index is 12.0. The molecule has 0 fully saturated rings. The number of halogens is 2. The Morgan fingerprint density at radius 3 is 2.69 bits per heavy atom. The maximum Gasteiger partial charge on any atom is 0.277 e. The fraction of sp³-hybridized carbons (Fsp3) is 0.190. The number of hydrogen-bond donors (Lipinski definition) is 2. The van der Waals surface area contributed by atoms with Gasteiger partial charge in [0.05, 0.1) is 24.1 Å². The molecule has 1 aromatic heterocycles. The molecule has 2 amide bonds. The topological polar surface area (TPSA) is 151 Å². The minimum atomic E-state index is -0.605. The first kappa shape index (κ1) is 26.1. The van der Waals surface area contributed by atoms with Crippen molar-refractivity contribution < 1.29 is 28.2 Å². The van der Waals surface area contributed by atoms with Gasteiger partial charge >= 0.3 is 0 Å². The Balaban J connectivity index is 1.44. The third-order valence-electron chi connectivity index (χ3n) is 3.98. The van der Waals surface area contributed by atoms with Crippen LogP contribution >= 0.6 is 35.0 Å². The second kappa shape index (κ2) is 12.8. The van der Waals surface area contributed by atoms with Crippen molar-refractivity contribution in [3.8, 4) is 17.2 Å². The molecule has 0 radical (unpaired) electrons. The molecule has 11 nitrogen and oxygen atoms in total. The Morgan fingerprint density at radius 2 is 1.94 bits per heavy atom. The van der Waals surface area contributed by atoms with E-state index in [1.54, 1.807) is 36.4 Å². The number of carbonyl (C=O) groups is 2. The molecule has 0 aliphatic rings. The van der Waals surface area contributed by atoms with E-state index in [0.717, 1.165) is 11.8 Å². The first-order valence-corrected chi connectivity index (χ1v) is 11.5. The van der Waals surface area contributed by atoms with E-state index in [9.17, 15) is 9.59 Å². The van der Waals surface area contributed by atoms with Gasteiger partial charge < -0.3 is 24.4 Å². The molecule has 0 aliphatic carbocycles. The van der Waals surface area contributed by atoms with E-state index >= 15 is 0 Å². The van der Waals surface area contributed by atoms with Gasteiger partial charge in [0, 0.05) is 5.02 Å². The number of carbonyl (C=O) groups excluding carboxylic acids is 2. The van der Waals surface area contributed by atoms with Crippen molar-refractivity contribution in [3.63, 3.8) is 0 Å². The number of aromatic nitrogens is 2. The lowest BCUT2D eigenvalue weighted by molar-refractivity contribution is -0.120. The lowest BCUT2D eigenvalue weighted by atomic mass is 10.2. The number of rotatable bonds is 12. The van der Waals surface area contributed by atoms with Crippen LogP contribution in [0.1, 0.15) is 11.5 Å². The zero-order valence-electron chi connectivity index (χ0n) is 18.2. The summed E-state index contributed by atoms with van der Waals surface area (Å²) in [6.45, 7) is -0.274. The Hall–Kier alpha value is -3.48. The minimum Gasteiger partial charge on any atom is -0.493 e. The van der Waals surface area contributed by atoms with Crippen LogP contribution in [-0.2, 0) is 16.2 Å². The van der Waals surface area contributed by atoms with Crippen LogP contribution in [-0.4, -0.2) is 47.7 Å². The fourth-order valence-corrected chi connectivity index (χ4v) is 3.49. The smallest absolute Gasteiger partial charge is 0.277 e. The van der Waals surface area contributed by atoms with Crippen molar-refractivity contribution in [2.75, 3.05) is 19.5 Å². The molecule has 0 unspecified atom stereocenters. The summed E-state index contributed by atoms with van der Waals surface area (Å²) in [6.07, 6.45) is 1.42. The first-order chi connectivity index (χ1) is 16.8. The van der Waals surface area contributed by atoms with Gasteiger partial charge in [-0.3, -0.25) is 9.59 Å². The second-order valence-corrected chi connectivity index (χ2v) is 8.34. The van der Waals surface area contributed by atoms with Crippen molar-refractivity contribution in [2.24, 2.45) is 10.8 Å². The van der Waals surface area contributed by atoms with E-state index in [1.165, 1.54) is 13.3 Å². The molecule has 0 atom stereocenters. The molecule has 3 aromatic rings. The summed E-state index contributed by atoms with van der Waals surface area (Å²) < 4.78 is 21.4. The highest BCUT2D eigenvalue weighted by Crippen LogP contribution is 2.29. The lowest BCUT2D eigenvalue weighted by Gasteiger charge is -2.09. The third kappa shape index (κ3) is 8.35. The molecule has 184 valence electrons. The molecule has 3 rings (SSSR count). The molecule has 0 saturated heterocycles. The van der Waals surface area contributed by atoms with Crippen LogP contribution in [0.4, 0.5) is 0 Å². The maximum atomic E-state index is 12.0. The van der Waals surface area contributed by atoms with Gasteiger partial charge in [0.1, 0.15) is 5.75 Å². The van der Waals surface area contributed by atoms with Crippen LogP contribution in [0.15, 0.2) is 51.1 Å². The normalized spacial score (nSPS) is 10.8. The Morgan fingerprint density at radius 1 is 1.14 bits per heavy atom. The predicted molar refractivity (Wildman–Crippen MR) is 129 cm³/mol. The van der Waals surface area contributed by atoms with Crippen LogP contribution in [0, 0.1) is 0 Å². The van der Waals surface area contributed by atoms with Crippen LogP contribution in [0.2, 0.25) is 10.0 Å². The summed E-state index contributed by atoms with van der Waals surface area (Å²) in [5.41, 5.74) is 8.09. The number of nitrogens with zero attached hydrogens (tertiary/aromatic N) is 3. The summed E-state index contributed by atoms with van der Waals surface area (Å²) in [5, 5.41) is 12.7. The highest BCUT2D eigenvalue weighted by Gasteiger charge is 2.11.